The van der Waals surface area contributed by atoms with Gasteiger partial charge >= 0.3 is 0 Å². The molecule has 0 heterocycles. The molecule has 0 saturated carbocycles. The first kappa shape index (κ1) is 14.6. The molecule has 0 aliphatic rings. The van der Waals surface area contributed by atoms with Crippen LogP contribution in [0.5, 0.6) is 11.5 Å². The minimum absolute atomic E-state index is 0.150. The smallest absolute Gasteiger partial charge is 0.145 e. The number of aryl methyl sites for hydroxylation is 1. The zero-order chi connectivity index (χ0) is 13.8. The summed E-state index contributed by atoms with van der Waals surface area (Å²) >= 11 is 0. The third-order valence-corrected chi connectivity index (χ3v) is 2.93. The molecule has 1 rings (SSSR count). The Kier molecular flexibility index (Phi) is 4.84. The fourth-order valence-corrected chi connectivity index (χ4v) is 1.84. The van der Waals surface area contributed by atoms with Crippen LogP contribution < -0.4 is 14.8 Å². The lowest BCUT2D eigenvalue weighted by molar-refractivity contribution is 0.260. The number of anilines is 1. The molecule has 0 atom stereocenters. The van der Waals surface area contributed by atoms with E-state index < -0.39 is 0 Å². The Morgan fingerprint density at radius 1 is 1.22 bits per heavy atom. The second-order valence-electron chi connectivity index (χ2n) is 5.00. The Balaban J connectivity index is 3.08. The number of methoxy groups -OCH3 is 2. The molecule has 0 fully saturated rings. The number of nitrogens with one attached hydrogen (secondary N) is 1. The number of benzene rings is 1. The minimum Gasteiger partial charge on any atom is -0.497 e. The van der Waals surface area contributed by atoms with Crippen LogP contribution in [0.3, 0.4) is 0 Å². The molecule has 4 nitrogen and oxygen atoms in total. The lowest BCUT2D eigenvalue weighted by Crippen LogP contribution is -2.32. The van der Waals surface area contributed by atoms with Gasteiger partial charge < -0.3 is 19.9 Å². The van der Waals surface area contributed by atoms with Crippen molar-refractivity contribution in [2.45, 2.75) is 32.7 Å². The highest BCUT2D eigenvalue weighted by molar-refractivity contribution is 5.65. The summed E-state index contributed by atoms with van der Waals surface area (Å²) in [5, 5.41) is 12.5. The van der Waals surface area contributed by atoms with Crippen molar-refractivity contribution in [3.63, 3.8) is 0 Å². The highest BCUT2D eigenvalue weighted by Gasteiger charge is 2.20. The molecule has 0 aliphatic heterocycles. The summed E-state index contributed by atoms with van der Waals surface area (Å²) in [5.41, 5.74) is 1.80. The van der Waals surface area contributed by atoms with Gasteiger partial charge in [-0.2, -0.15) is 0 Å². The average molecular weight is 253 g/mol. The van der Waals surface area contributed by atoms with Gasteiger partial charge in [-0.3, -0.25) is 0 Å². The molecule has 4 heteroatoms. The molecule has 2 N–H and O–H groups in total. The maximum absolute atomic E-state index is 9.07. The van der Waals surface area contributed by atoms with Crippen molar-refractivity contribution in [2.24, 2.45) is 0 Å². The van der Waals surface area contributed by atoms with E-state index in [1.54, 1.807) is 14.2 Å². The molecule has 0 saturated heterocycles. The Hall–Kier alpha value is -1.42. The molecule has 0 aliphatic carbocycles. The van der Waals surface area contributed by atoms with E-state index in [4.69, 9.17) is 14.6 Å². The fourth-order valence-electron chi connectivity index (χ4n) is 1.84. The normalized spacial score (nSPS) is 11.2. The molecule has 1 aromatic rings. The van der Waals surface area contributed by atoms with Crippen LogP contribution in [-0.2, 0) is 0 Å². The summed E-state index contributed by atoms with van der Waals surface area (Å²) < 4.78 is 10.6. The van der Waals surface area contributed by atoms with Crippen LogP contribution in [0, 0.1) is 6.92 Å². The highest BCUT2D eigenvalue weighted by Crippen LogP contribution is 2.35. The van der Waals surface area contributed by atoms with Gasteiger partial charge in [0.05, 0.1) is 19.9 Å². The lowest BCUT2D eigenvalue weighted by atomic mass is 9.99. The van der Waals surface area contributed by atoms with E-state index in [-0.39, 0.29) is 12.1 Å². The van der Waals surface area contributed by atoms with Gasteiger partial charge in [-0.05, 0) is 38.8 Å². The molecule has 1 aromatic carbocycles. The Labute approximate surface area is 109 Å². The van der Waals surface area contributed by atoms with Crippen LogP contribution in [0.25, 0.3) is 0 Å². The summed E-state index contributed by atoms with van der Waals surface area (Å²) in [6.45, 7) is 6.25. The van der Waals surface area contributed by atoms with Crippen LogP contribution >= 0.6 is 0 Å². The van der Waals surface area contributed by atoms with Crippen molar-refractivity contribution in [3.05, 3.63) is 17.7 Å². The van der Waals surface area contributed by atoms with Crippen LogP contribution in [0.15, 0.2) is 12.1 Å². The monoisotopic (exact) mass is 253 g/mol. The number of hydrogen-bond acceptors (Lipinski definition) is 4. The minimum atomic E-state index is -0.193. The van der Waals surface area contributed by atoms with E-state index in [0.717, 1.165) is 22.7 Å². The van der Waals surface area contributed by atoms with E-state index >= 15 is 0 Å². The van der Waals surface area contributed by atoms with Gasteiger partial charge in [-0.15, -0.1) is 0 Å². The number of ether oxygens (including phenoxy) is 2. The molecular weight excluding hydrogens is 230 g/mol. The van der Waals surface area contributed by atoms with Gasteiger partial charge in [-0.1, -0.05) is 0 Å². The lowest BCUT2D eigenvalue weighted by Gasteiger charge is -2.29. The Bertz CT molecular complexity index is 402. The van der Waals surface area contributed by atoms with Crippen molar-refractivity contribution in [2.75, 3.05) is 26.1 Å². The first-order chi connectivity index (χ1) is 8.43. The topological polar surface area (TPSA) is 50.7 Å². The van der Waals surface area contributed by atoms with Crippen molar-refractivity contribution >= 4 is 5.69 Å². The van der Waals surface area contributed by atoms with Gasteiger partial charge in [0.25, 0.3) is 0 Å². The molecule has 0 aromatic heterocycles. The van der Waals surface area contributed by atoms with E-state index in [0.29, 0.717) is 6.42 Å². The maximum Gasteiger partial charge on any atom is 0.145 e. The number of rotatable bonds is 6. The highest BCUT2D eigenvalue weighted by atomic mass is 16.5. The summed E-state index contributed by atoms with van der Waals surface area (Å²) in [7, 11) is 3.27. The van der Waals surface area contributed by atoms with E-state index in [2.05, 4.69) is 5.32 Å². The zero-order valence-corrected chi connectivity index (χ0v) is 11.8. The summed E-state index contributed by atoms with van der Waals surface area (Å²) in [4.78, 5) is 0. The fraction of sp³-hybridized carbons (Fsp3) is 0.571. The molecule has 18 heavy (non-hydrogen) atoms. The van der Waals surface area contributed by atoms with Crippen molar-refractivity contribution in [3.8, 4) is 11.5 Å². The zero-order valence-electron chi connectivity index (χ0n) is 11.8. The van der Waals surface area contributed by atoms with Crippen molar-refractivity contribution in [1.82, 2.24) is 0 Å². The first-order valence-corrected chi connectivity index (χ1v) is 6.05. The van der Waals surface area contributed by atoms with Gasteiger partial charge in [0, 0.05) is 18.2 Å². The van der Waals surface area contributed by atoms with E-state index in [1.165, 1.54) is 0 Å². The molecule has 0 amide bonds. The van der Waals surface area contributed by atoms with Crippen molar-refractivity contribution < 1.29 is 14.6 Å². The largest absolute Gasteiger partial charge is 0.497 e. The van der Waals surface area contributed by atoms with Gasteiger partial charge in [0.2, 0.25) is 0 Å². The van der Waals surface area contributed by atoms with Crippen molar-refractivity contribution in [1.29, 1.82) is 0 Å². The Morgan fingerprint density at radius 3 is 2.39 bits per heavy atom. The summed E-state index contributed by atoms with van der Waals surface area (Å²) in [6, 6.07) is 3.81. The third kappa shape index (κ3) is 3.53. The molecule has 102 valence electrons. The molecule has 0 radical (unpaired) electrons. The summed E-state index contributed by atoms with van der Waals surface area (Å²) in [5.74, 6) is 1.52. The second kappa shape index (κ2) is 5.96. The predicted octanol–water partition coefficient (Wildman–Crippen LogP) is 2.59. The second-order valence-corrected chi connectivity index (χ2v) is 5.00. The molecule has 0 bridgehead atoms. The summed E-state index contributed by atoms with van der Waals surface area (Å²) in [6.07, 6.45) is 0.668. The average Bonchev–Trinajstić information content (AvgIpc) is 2.31. The van der Waals surface area contributed by atoms with E-state index in [1.807, 2.05) is 32.9 Å². The molecule has 0 unspecified atom stereocenters. The maximum atomic E-state index is 9.07. The standard InChI is InChI=1S/C14H23NO3/c1-10-8-11(17-4)9-12(18-5)13(10)15-14(2,3)6-7-16/h8-9,15-16H,6-7H2,1-5H3. The molecule has 0 spiro atoms. The van der Waals surface area contributed by atoms with Gasteiger partial charge in [-0.25, -0.2) is 0 Å². The Morgan fingerprint density at radius 2 is 1.89 bits per heavy atom. The SMILES string of the molecule is COc1cc(C)c(NC(C)(C)CCO)c(OC)c1. The van der Waals surface area contributed by atoms with Gasteiger partial charge in [0.1, 0.15) is 11.5 Å². The predicted molar refractivity (Wildman–Crippen MR) is 73.7 cm³/mol. The van der Waals surface area contributed by atoms with Crippen LogP contribution in [0.4, 0.5) is 5.69 Å². The van der Waals surface area contributed by atoms with E-state index in [9.17, 15) is 0 Å². The number of aliphatic hydroxyl groups is 1. The molecular formula is C14H23NO3. The van der Waals surface area contributed by atoms with Gasteiger partial charge in [0.15, 0.2) is 0 Å². The van der Waals surface area contributed by atoms with Crippen LogP contribution in [0.1, 0.15) is 25.8 Å². The number of aliphatic hydroxyl groups excluding tert-OH is 1. The third-order valence-electron chi connectivity index (χ3n) is 2.93. The quantitative estimate of drug-likeness (QED) is 0.818. The van der Waals surface area contributed by atoms with Crippen LogP contribution in [-0.4, -0.2) is 31.5 Å². The first-order valence-electron chi connectivity index (χ1n) is 6.05. The number of hydrogen-bond donors (Lipinski definition) is 2. The van der Waals surface area contributed by atoms with Crippen LogP contribution in [0.2, 0.25) is 0 Å².